The maximum atomic E-state index is 14.4. The Bertz CT molecular complexity index is 452. The standard InChI is InChI=1S/C17H26FNO/c1-6-14(7-2)19(11-12(3)4)17-15(13(5)20)9-8-10-16(17)18/h8-10,12,14H,6-7,11H2,1-5H3. The molecule has 0 aromatic heterocycles. The van der Waals surface area contributed by atoms with Crippen LogP contribution in [0.3, 0.4) is 0 Å². The molecule has 0 unspecified atom stereocenters. The third-order valence-corrected chi connectivity index (χ3v) is 3.60. The van der Waals surface area contributed by atoms with Crippen LogP contribution in [0.15, 0.2) is 18.2 Å². The lowest BCUT2D eigenvalue weighted by Gasteiger charge is -2.35. The van der Waals surface area contributed by atoms with Crippen LogP contribution in [0.5, 0.6) is 0 Å². The molecule has 2 nitrogen and oxygen atoms in total. The Balaban J connectivity index is 3.35. The van der Waals surface area contributed by atoms with Crippen LogP contribution in [0.25, 0.3) is 0 Å². The maximum absolute atomic E-state index is 14.4. The molecule has 3 heteroatoms. The van der Waals surface area contributed by atoms with E-state index in [1.54, 1.807) is 12.1 Å². The minimum Gasteiger partial charge on any atom is -0.365 e. The van der Waals surface area contributed by atoms with Crippen LogP contribution in [0.4, 0.5) is 10.1 Å². The zero-order valence-corrected chi connectivity index (χ0v) is 13.2. The van der Waals surface area contributed by atoms with Crippen LogP contribution in [-0.4, -0.2) is 18.4 Å². The highest BCUT2D eigenvalue weighted by Crippen LogP contribution is 2.29. The zero-order valence-electron chi connectivity index (χ0n) is 13.2. The summed E-state index contributed by atoms with van der Waals surface area (Å²) in [5, 5.41) is 0. The number of carbonyl (C=O) groups excluding carboxylic acids is 1. The van der Waals surface area contributed by atoms with E-state index in [1.807, 2.05) is 0 Å². The molecule has 0 heterocycles. The molecule has 0 bridgehead atoms. The SMILES string of the molecule is CCC(CC)N(CC(C)C)c1c(F)cccc1C(C)=O. The van der Waals surface area contributed by atoms with Gasteiger partial charge in [0.15, 0.2) is 5.78 Å². The van der Waals surface area contributed by atoms with Gasteiger partial charge in [-0.25, -0.2) is 4.39 Å². The monoisotopic (exact) mass is 279 g/mol. The first kappa shape index (κ1) is 16.7. The van der Waals surface area contributed by atoms with Crippen LogP contribution in [0.2, 0.25) is 0 Å². The molecule has 0 radical (unpaired) electrons. The second-order valence-electron chi connectivity index (χ2n) is 5.71. The number of halogens is 1. The topological polar surface area (TPSA) is 20.3 Å². The predicted molar refractivity (Wildman–Crippen MR) is 83.0 cm³/mol. The highest BCUT2D eigenvalue weighted by atomic mass is 19.1. The second kappa shape index (κ2) is 7.41. The molecular weight excluding hydrogens is 253 g/mol. The fourth-order valence-electron chi connectivity index (χ4n) is 2.64. The van der Waals surface area contributed by atoms with E-state index in [1.165, 1.54) is 13.0 Å². The third-order valence-electron chi connectivity index (χ3n) is 3.60. The lowest BCUT2D eigenvalue weighted by atomic mass is 10.0. The Kier molecular flexibility index (Phi) is 6.18. The number of nitrogens with zero attached hydrogens (tertiary/aromatic N) is 1. The van der Waals surface area contributed by atoms with Crippen molar-refractivity contribution in [2.45, 2.75) is 53.5 Å². The molecule has 0 saturated carbocycles. The summed E-state index contributed by atoms with van der Waals surface area (Å²) >= 11 is 0. The van der Waals surface area contributed by atoms with Crippen molar-refractivity contribution in [2.75, 3.05) is 11.4 Å². The number of ketones is 1. The molecule has 0 saturated heterocycles. The average Bonchev–Trinajstić information content (AvgIpc) is 2.38. The van der Waals surface area contributed by atoms with Crippen molar-refractivity contribution in [2.24, 2.45) is 5.92 Å². The fraction of sp³-hybridized carbons (Fsp3) is 0.588. The first-order valence-electron chi connectivity index (χ1n) is 7.48. The van der Waals surface area contributed by atoms with Crippen LogP contribution >= 0.6 is 0 Å². The molecule has 0 N–H and O–H groups in total. The van der Waals surface area contributed by atoms with Crippen molar-refractivity contribution in [1.82, 2.24) is 0 Å². The minimum atomic E-state index is -0.301. The number of rotatable bonds is 7. The van der Waals surface area contributed by atoms with Gasteiger partial charge in [0.2, 0.25) is 0 Å². The Morgan fingerprint density at radius 1 is 1.25 bits per heavy atom. The fourth-order valence-corrected chi connectivity index (χ4v) is 2.64. The van der Waals surface area contributed by atoms with Gasteiger partial charge in [-0.15, -0.1) is 0 Å². The van der Waals surface area contributed by atoms with Gasteiger partial charge in [-0.3, -0.25) is 4.79 Å². The van der Waals surface area contributed by atoms with Gasteiger partial charge in [-0.1, -0.05) is 33.8 Å². The zero-order chi connectivity index (χ0) is 15.3. The molecule has 0 aliphatic heterocycles. The molecule has 20 heavy (non-hydrogen) atoms. The van der Waals surface area contributed by atoms with E-state index in [9.17, 15) is 9.18 Å². The Hall–Kier alpha value is -1.38. The van der Waals surface area contributed by atoms with Gasteiger partial charge in [-0.2, -0.15) is 0 Å². The van der Waals surface area contributed by atoms with E-state index in [4.69, 9.17) is 0 Å². The van der Waals surface area contributed by atoms with Gasteiger partial charge in [0, 0.05) is 18.2 Å². The molecule has 0 spiro atoms. The Labute approximate surface area is 122 Å². The van der Waals surface area contributed by atoms with E-state index < -0.39 is 0 Å². The number of Topliss-reactive ketones (excluding diaryl/α,β-unsaturated/α-hetero) is 1. The molecule has 0 atom stereocenters. The van der Waals surface area contributed by atoms with E-state index in [2.05, 4.69) is 32.6 Å². The van der Waals surface area contributed by atoms with Crippen LogP contribution in [0.1, 0.15) is 57.8 Å². The van der Waals surface area contributed by atoms with Gasteiger partial charge in [0.1, 0.15) is 5.82 Å². The van der Waals surface area contributed by atoms with Crippen molar-refractivity contribution in [3.63, 3.8) is 0 Å². The summed E-state index contributed by atoms with van der Waals surface area (Å²) in [6.07, 6.45) is 1.88. The van der Waals surface area contributed by atoms with E-state index in [0.29, 0.717) is 17.2 Å². The number of para-hydroxylation sites is 1. The smallest absolute Gasteiger partial charge is 0.161 e. The first-order chi connectivity index (χ1) is 9.42. The van der Waals surface area contributed by atoms with Crippen molar-refractivity contribution in [3.8, 4) is 0 Å². The Morgan fingerprint density at radius 2 is 1.85 bits per heavy atom. The van der Waals surface area contributed by atoms with Gasteiger partial charge < -0.3 is 4.90 Å². The highest BCUT2D eigenvalue weighted by molar-refractivity contribution is 5.99. The summed E-state index contributed by atoms with van der Waals surface area (Å²) < 4.78 is 14.4. The summed E-state index contributed by atoms with van der Waals surface area (Å²) in [6, 6.07) is 5.02. The Morgan fingerprint density at radius 3 is 2.30 bits per heavy atom. The van der Waals surface area contributed by atoms with E-state index >= 15 is 0 Å². The van der Waals surface area contributed by atoms with Gasteiger partial charge in [0.25, 0.3) is 0 Å². The van der Waals surface area contributed by atoms with Crippen molar-refractivity contribution in [1.29, 1.82) is 0 Å². The predicted octanol–water partition coefficient (Wildman–Crippen LogP) is 4.68. The molecular formula is C17H26FNO. The summed E-state index contributed by atoms with van der Waals surface area (Å²) in [7, 11) is 0. The van der Waals surface area contributed by atoms with Crippen LogP contribution in [-0.2, 0) is 0 Å². The molecule has 1 aromatic carbocycles. The number of hydrogen-bond acceptors (Lipinski definition) is 2. The molecule has 0 amide bonds. The quantitative estimate of drug-likeness (QED) is 0.675. The van der Waals surface area contributed by atoms with Gasteiger partial charge in [-0.05, 0) is 37.8 Å². The number of benzene rings is 1. The summed E-state index contributed by atoms with van der Waals surface area (Å²) in [5.41, 5.74) is 0.958. The van der Waals surface area contributed by atoms with Crippen molar-refractivity contribution < 1.29 is 9.18 Å². The maximum Gasteiger partial charge on any atom is 0.161 e. The second-order valence-corrected chi connectivity index (χ2v) is 5.71. The summed E-state index contributed by atoms with van der Waals surface area (Å²) in [5.74, 6) is 0.0273. The first-order valence-corrected chi connectivity index (χ1v) is 7.48. The summed E-state index contributed by atoms with van der Waals surface area (Å²) in [4.78, 5) is 13.9. The minimum absolute atomic E-state index is 0.0841. The molecule has 112 valence electrons. The van der Waals surface area contributed by atoms with Crippen LogP contribution < -0.4 is 4.90 Å². The van der Waals surface area contributed by atoms with Gasteiger partial charge in [0.05, 0.1) is 5.69 Å². The van der Waals surface area contributed by atoms with Crippen molar-refractivity contribution >= 4 is 11.5 Å². The van der Waals surface area contributed by atoms with E-state index in [0.717, 1.165) is 19.4 Å². The normalized spacial score (nSPS) is 11.2. The molecule has 1 aromatic rings. The lowest BCUT2D eigenvalue weighted by molar-refractivity contribution is 0.101. The van der Waals surface area contributed by atoms with Crippen LogP contribution in [0, 0.1) is 11.7 Å². The number of hydrogen-bond donors (Lipinski definition) is 0. The third kappa shape index (κ3) is 3.81. The van der Waals surface area contributed by atoms with E-state index in [-0.39, 0.29) is 17.6 Å². The average molecular weight is 279 g/mol. The molecule has 0 aliphatic rings. The molecule has 1 rings (SSSR count). The number of anilines is 1. The largest absolute Gasteiger partial charge is 0.365 e. The molecule has 0 aliphatic carbocycles. The van der Waals surface area contributed by atoms with Crippen molar-refractivity contribution in [3.05, 3.63) is 29.6 Å². The highest BCUT2D eigenvalue weighted by Gasteiger charge is 2.24. The summed E-state index contributed by atoms with van der Waals surface area (Å²) in [6.45, 7) is 10.7. The number of carbonyl (C=O) groups is 1. The lowest BCUT2D eigenvalue weighted by Crippen LogP contribution is -2.39. The van der Waals surface area contributed by atoms with Gasteiger partial charge >= 0.3 is 0 Å². The molecule has 0 fully saturated rings.